The number of nitrogens with zero attached hydrogens (tertiary/aromatic N) is 4. The van der Waals surface area contributed by atoms with Crippen molar-refractivity contribution >= 4 is 50.9 Å². The van der Waals surface area contributed by atoms with Crippen LogP contribution >= 0.6 is 22.9 Å². The summed E-state index contributed by atoms with van der Waals surface area (Å²) in [5, 5.41) is 4.19. The van der Waals surface area contributed by atoms with Gasteiger partial charge in [-0.05, 0) is 39.7 Å². The topological polar surface area (TPSA) is 130 Å². The number of aliphatic imine (C=N–C) groups is 1. The van der Waals surface area contributed by atoms with Crippen LogP contribution in [0, 0.1) is 17.6 Å². The van der Waals surface area contributed by atoms with Crippen LogP contribution in [0.4, 0.5) is 13.6 Å². The molecular weight excluding hydrogens is 640 g/mol. The van der Waals surface area contributed by atoms with Crippen molar-refractivity contribution in [3.63, 3.8) is 0 Å². The molecule has 238 valence electrons. The number of hydrogen-bond donors (Lipinski definition) is 1. The molecule has 0 radical (unpaired) electrons. The van der Waals surface area contributed by atoms with Gasteiger partial charge in [0.25, 0.3) is 0 Å². The second-order valence-electron chi connectivity index (χ2n) is 11.7. The summed E-state index contributed by atoms with van der Waals surface area (Å²) in [4.78, 5) is 35.8. The monoisotopic (exact) mass is 671 g/mol. The molecule has 0 saturated carbocycles. The number of hydrogen-bond acceptors (Lipinski definition) is 10. The SMILES string of the molecule is COC(=O)C1=C(C2CCN(S(=O)(=O)C3CN(C(=O)OC(C)(C)C)C3)CC2)NC(c2nccs2)=NC1c1ccc(F)c(F)c1Cl. The fraction of sp³-hybridized carbons (Fsp3) is 0.500. The van der Waals surface area contributed by atoms with E-state index in [1.54, 1.807) is 32.3 Å². The molecule has 1 aromatic heterocycles. The lowest BCUT2D eigenvalue weighted by molar-refractivity contribution is -0.136. The number of carbonyl (C=O) groups is 2. The molecule has 1 aromatic carbocycles. The Morgan fingerprint density at radius 3 is 2.43 bits per heavy atom. The standard InChI is InChI=1S/C28H32ClF2N5O6S2/c1-28(2,3)42-27(38)35-13-16(14-35)44(39,40)36-10-7-15(8-11-36)22-19(26(37)41-4)23(17-5-6-18(30)21(31)20(17)29)34-24(33-22)25-32-9-12-43-25/h5-6,9,12,15-16,23H,7-8,10-11,13-14H2,1-4H3,(H,33,34). The summed E-state index contributed by atoms with van der Waals surface area (Å²) in [5.41, 5.74) is -0.125. The zero-order chi connectivity index (χ0) is 32.0. The molecule has 44 heavy (non-hydrogen) atoms. The number of benzene rings is 1. The summed E-state index contributed by atoms with van der Waals surface area (Å²) in [7, 11) is -2.51. The van der Waals surface area contributed by atoms with E-state index in [0.717, 1.165) is 6.07 Å². The van der Waals surface area contributed by atoms with E-state index >= 15 is 0 Å². The molecule has 11 nitrogen and oxygen atoms in total. The number of halogens is 3. The number of likely N-dealkylation sites (tertiary alicyclic amines) is 1. The van der Waals surface area contributed by atoms with Crippen LogP contribution in [0.3, 0.4) is 0 Å². The number of allylic oxidation sites excluding steroid dienone is 1. The number of sulfonamides is 1. The Labute approximate surface area is 262 Å². The lowest BCUT2D eigenvalue weighted by Crippen LogP contribution is -2.61. The van der Waals surface area contributed by atoms with Gasteiger partial charge in [-0.15, -0.1) is 11.3 Å². The largest absolute Gasteiger partial charge is 0.466 e. The number of nitrogens with one attached hydrogen (secondary N) is 1. The summed E-state index contributed by atoms with van der Waals surface area (Å²) in [6, 6.07) is 1.05. The van der Waals surface area contributed by atoms with Crippen LogP contribution in [0.25, 0.3) is 0 Å². The average molecular weight is 672 g/mol. The number of carbonyl (C=O) groups excluding carboxylic acids is 2. The second kappa shape index (κ2) is 12.3. The normalized spacial score (nSPS) is 20.6. The van der Waals surface area contributed by atoms with Gasteiger partial charge in [0.15, 0.2) is 22.5 Å². The van der Waals surface area contributed by atoms with Gasteiger partial charge in [0.1, 0.15) is 16.9 Å². The number of aromatic nitrogens is 1. The Balaban J connectivity index is 1.39. The van der Waals surface area contributed by atoms with Gasteiger partial charge < -0.3 is 19.7 Å². The number of amidine groups is 1. The molecule has 2 fully saturated rings. The van der Waals surface area contributed by atoms with Crippen LogP contribution in [0.5, 0.6) is 0 Å². The summed E-state index contributed by atoms with van der Waals surface area (Å²) in [6.07, 6.45) is 1.71. The van der Waals surface area contributed by atoms with E-state index < -0.39 is 55.6 Å². The average Bonchev–Trinajstić information content (AvgIpc) is 3.48. The Morgan fingerprint density at radius 1 is 1.16 bits per heavy atom. The quantitative estimate of drug-likeness (QED) is 0.356. The highest BCUT2D eigenvalue weighted by molar-refractivity contribution is 7.89. The maximum Gasteiger partial charge on any atom is 0.410 e. The van der Waals surface area contributed by atoms with Crippen LogP contribution < -0.4 is 5.32 Å². The highest BCUT2D eigenvalue weighted by atomic mass is 35.5. The van der Waals surface area contributed by atoms with Gasteiger partial charge in [0.2, 0.25) is 10.0 Å². The molecule has 4 heterocycles. The fourth-order valence-corrected chi connectivity index (χ4v) is 8.08. The molecule has 0 aliphatic carbocycles. The first-order valence-electron chi connectivity index (χ1n) is 13.9. The summed E-state index contributed by atoms with van der Waals surface area (Å²) in [6.45, 7) is 5.64. The van der Waals surface area contributed by atoms with Crippen LogP contribution in [0.2, 0.25) is 5.02 Å². The number of piperidine rings is 1. The molecule has 5 rings (SSSR count). The summed E-state index contributed by atoms with van der Waals surface area (Å²) >= 11 is 7.52. The molecule has 3 aliphatic heterocycles. The molecule has 16 heteroatoms. The van der Waals surface area contributed by atoms with Crippen molar-refractivity contribution in [1.29, 1.82) is 0 Å². The van der Waals surface area contributed by atoms with Gasteiger partial charge in [-0.3, -0.25) is 4.99 Å². The zero-order valence-electron chi connectivity index (χ0n) is 24.5. The van der Waals surface area contributed by atoms with E-state index in [0.29, 0.717) is 29.4 Å². The predicted molar refractivity (Wildman–Crippen MR) is 160 cm³/mol. The lowest BCUT2D eigenvalue weighted by Gasteiger charge is -2.42. The van der Waals surface area contributed by atoms with Crippen LogP contribution in [0.15, 0.2) is 40.0 Å². The fourth-order valence-electron chi connectivity index (χ4n) is 5.36. The van der Waals surface area contributed by atoms with E-state index in [1.807, 2.05) is 0 Å². The van der Waals surface area contributed by atoms with Crippen LogP contribution in [-0.4, -0.2) is 84.6 Å². The minimum Gasteiger partial charge on any atom is -0.466 e. The molecular formula is C28H32ClF2N5O6S2. The Kier molecular flexibility index (Phi) is 9.04. The van der Waals surface area contributed by atoms with Crippen molar-refractivity contribution in [2.75, 3.05) is 33.3 Å². The van der Waals surface area contributed by atoms with Gasteiger partial charge in [0, 0.05) is 54.9 Å². The van der Waals surface area contributed by atoms with E-state index in [4.69, 9.17) is 21.1 Å². The molecule has 0 bridgehead atoms. The third-order valence-corrected chi connectivity index (χ3v) is 11.0. The molecule has 1 atom stereocenters. The maximum absolute atomic E-state index is 14.6. The van der Waals surface area contributed by atoms with Crippen molar-refractivity contribution in [3.05, 3.63) is 62.2 Å². The maximum atomic E-state index is 14.6. The van der Waals surface area contributed by atoms with E-state index in [1.165, 1.54) is 33.7 Å². The van der Waals surface area contributed by atoms with Gasteiger partial charge in [-0.25, -0.2) is 36.1 Å². The molecule has 2 aromatic rings. The van der Waals surface area contributed by atoms with Crippen molar-refractivity contribution in [3.8, 4) is 0 Å². The Bertz CT molecular complexity index is 1610. The molecule has 1 unspecified atom stereocenters. The van der Waals surface area contributed by atoms with Crippen molar-refractivity contribution in [2.45, 2.75) is 50.5 Å². The third-order valence-electron chi connectivity index (χ3n) is 7.62. The highest BCUT2D eigenvalue weighted by Gasteiger charge is 2.46. The number of methoxy groups -OCH3 is 1. The molecule has 2 saturated heterocycles. The molecule has 1 N–H and O–H groups in total. The zero-order valence-corrected chi connectivity index (χ0v) is 26.9. The summed E-state index contributed by atoms with van der Waals surface area (Å²) in [5.74, 6) is -3.19. The van der Waals surface area contributed by atoms with Gasteiger partial charge >= 0.3 is 12.1 Å². The molecule has 0 spiro atoms. The highest BCUT2D eigenvalue weighted by Crippen LogP contribution is 2.41. The van der Waals surface area contributed by atoms with E-state index in [9.17, 15) is 26.8 Å². The first-order valence-corrected chi connectivity index (χ1v) is 16.6. The number of thiazole rings is 1. The predicted octanol–water partition coefficient (Wildman–Crippen LogP) is 4.25. The first-order chi connectivity index (χ1) is 20.7. The smallest absolute Gasteiger partial charge is 0.410 e. The molecule has 1 amide bonds. The second-order valence-corrected chi connectivity index (χ2v) is 15.1. The van der Waals surface area contributed by atoms with Gasteiger partial charge in [0.05, 0.1) is 17.7 Å². The Hall–Kier alpha value is -3.14. The third kappa shape index (κ3) is 6.32. The van der Waals surface area contributed by atoms with Crippen molar-refractivity contribution in [1.82, 2.24) is 19.5 Å². The van der Waals surface area contributed by atoms with Gasteiger partial charge in [-0.2, -0.15) is 0 Å². The Morgan fingerprint density at radius 2 is 1.84 bits per heavy atom. The lowest BCUT2D eigenvalue weighted by atomic mass is 9.86. The van der Waals surface area contributed by atoms with Crippen molar-refractivity contribution < 1.29 is 36.3 Å². The van der Waals surface area contributed by atoms with Crippen LogP contribution in [0.1, 0.15) is 50.2 Å². The van der Waals surface area contributed by atoms with E-state index in [2.05, 4.69) is 15.3 Å². The van der Waals surface area contributed by atoms with Gasteiger partial charge in [-0.1, -0.05) is 17.7 Å². The number of ether oxygens (including phenoxy) is 2. The minimum atomic E-state index is -3.71. The number of rotatable bonds is 6. The van der Waals surface area contributed by atoms with Crippen LogP contribution in [-0.2, 0) is 24.3 Å². The summed E-state index contributed by atoms with van der Waals surface area (Å²) < 4.78 is 67.2. The van der Waals surface area contributed by atoms with Crippen molar-refractivity contribution in [2.24, 2.45) is 10.9 Å². The number of amides is 1. The molecule has 3 aliphatic rings. The first kappa shape index (κ1) is 32.3. The number of esters is 1. The van der Waals surface area contributed by atoms with E-state index in [-0.39, 0.29) is 43.2 Å². The minimum absolute atomic E-state index is 0.0423.